The highest BCUT2D eigenvalue weighted by Gasteiger charge is 2.76. The van der Waals surface area contributed by atoms with Crippen LogP contribution in [0.15, 0.2) is 96.1 Å². The Labute approximate surface area is 301 Å². The molecule has 6 N–H and O–H groups in total. The second kappa shape index (κ2) is 12.5. The van der Waals surface area contributed by atoms with E-state index in [2.05, 4.69) is 24.5 Å². The summed E-state index contributed by atoms with van der Waals surface area (Å²) in [5.74, 6) is -3.79. The van der Waals surface area contributed by atoms with E-state index < -0.39 is 59.5 Å². The summed E-state index contributed by atoms with van der Waals surface area (Å²) in [6.45, 7) is 7.13. The van der Waals surface area contributed by atoms with Crippen molar-refractivity contribution in [2.45, 2.75) is 51.9 Å². The predicted molar refractivity (Wildman–Crippen MR) is 191 cm³/mol. The van der Waals surface area contributed by atoms with E-state index in [-0.39, 0.29) is 56.9 Å². The van der Waals surface area contributed by atoms with Gasteiger partial charge in [-0.3, -0.25) is 14.4 Å². The van der Waals surface area contributed by atoms with Crippen LogP contribution in [0.5, 0.6) is 5.75 Å². The summed E-state index contributed by atoms with van der Waals surface area (Å²) >= 11 is 0. The van der Waals surface area contributed by atoms with Crippen LogP contribution < -0.4 is 10.6 Å². The number of carbonyl (C=O) groups is 4. The Balaban J connectivity index is 1.19. The number of phenolic OH excluding ortho intramolecular Hbond substituents is 1. The molecule has 4 aliphatic rings. The molecule has 52 heavy (non-hydrogen) atoms. The zero-order chi connectivity index (χ0) is 37.3. The molecule has 2 bridgehead atoms. The van der Waals surface area contributed by atoms with Crippen LogP contribution in [0.4, 0.5) is 11.4 Å². The molecule has 11 nitrogen and oxygen atoms in total. The molecule has 2 saturated carbocycles. The molecular formula is C41H42N2O9. The molecule has 8 atom stereocenters. The van der Waals surface area contributed by atoms with Crippen LogP contribution in [0, 0.1) is 34.5 Å². The average molecular weight is 707 g/mol. The van der Waals surface area contributed by atoms with E-state index in [0.29, 0.717) is 17.6 Å². The van der Waals surface area contributed by atoms with Gasteiger partial charge in [-0.05, 0) is 84.1 Å². The van der Waals surface area contributed by atoms with Gasteiger partial charge in [-0.1, -0.05) is 69.3 Å². The third-order valence-electron chi connectivity index (χ3n) is 12.1. The summed E-state index contributed by atoms with van der Waals surface area (Å²) in [4.78, 5) is 55.4. The van der Waals surface area contributed by atoms with E-state index in [4.69, 9.17) is 4.74 Å². The molecule has 4 aliphatic carbocycles. The number of ketones is 1. The minimum absolute atomic E-state index is 0.0255. The highest BCUT2D eigenvalue weighted by Crippen LogP contribution is 2.71. The lowest BCUT2D eigenvalue weighted by atomic mass is 9.59. The van der Waals surface area contributed by atoms with E-state index in [1.54, 1.807) is 61.5 Å². The lowest BCUT2D eigenvalue weighted by Gasteiger charge is -2.48. The minimum atomic E-state index is -2.33. The number of benzene rings is 3. The second-order valence-electron chi connectivity index (χ2n) is 15.2. The Kier molecular flexibility index (Phi) is 8.52. The van der Waals surface area contributed by atoms with Crippen LogP contribution in [-0.4, -0.2) is 68.4 Å². The van der Waals surface area contributed by atoms with Gasteiger partial charge in [-0.15, -0.1) is 0 Å². The third-order valence-corrected chi connectivity index (χ3v) is 12.1. The van der Waals surface area contributed by atoms with Crippen LogP contribution in [0.1, 0.15) is 65.2 Å². The third kappa shape index (κ3) is 5.13. The number of Topliss-reactive ketones (excluding diaryl/α,β-unsaturated/α-hetero) is 1. The number of ether oxygens (including phenoxy) is 1. The molecule has 7 rings (SSSR count). The van der Waals surface area contributed by atoms with E-state index in [1.165, 1.54) is 30.3 Å². The van der Waals surface area contributed by atoms with Gasteiger partial charge in [0.05, 0.1) is 34.5 Å². The molecule has 0 radical (unpaired) electrons. The van der Waals surface area contributed by atoms with Crippen molar-refractivity contribution in [3.63, 3.8) is 0 Å². The molecule has 0 aliphatic heterocycles. The molecule has 0 saturated heterocycles. The first kappa shape index (κ1) is 35.3. The van der Waals surface area contributed by atoms with E-state index in [9.17, 15) is 39.6 Å². The standard InChI is InChI=1S/C41H42N2O9/c1-21-19-40-22(2)17-28-31(39(28,3)4)27(34(40)47)18-24(20-44)33(46)41(40,51)35(21)52-38(50)25-13-8-9-15-29(25)42-37(49)26-14-10-16-30(45)32(26)43-36(48)23-11-6-5-7-12-23/h5-16,18-19,22,27-28,31,33,35,44-46,51H,17,20H2,1-4H3,(H,42,49)(H,43,48)/t22-,27+,28-,31+,33-,35+,40+,41+/m1/s1. The molecule has 2 fully saturated rings. The van der Waals surface area contributed by atoms with Crippen LogP contribution in [0.3, 0.4) is 0 Å². The average Bonchev–Trinajstić information content (AvgIpc) is 3.62. The van der Waals surface area contributed by atoms with Crippen molar-refractivity contribution in [2.75, 3.05) is 17.2 Å². The fraction of sp³-hybridized carbons (Fsp3) is 0.366. The van der Waals surface area contributed by atoms with Crippen LogP contribution in [0.2, 0.25) is 0 Å². The Hall–Kier alpha value is -5.10. The number of nitrogens with one attached hydrogen (secondary N) is 2. The summed E-state index contributed by atoms with van der Waals surface area (Å²) in [6, 6.07) is 18.5. The number of anilines is 2. The van der Waals surface area contributed by atoms with Crippen molar-refractivity contribution < 1.29 is 44.3 Å². The number of hydrogen-bond donors (Lipinski definition) is 6. The first-order valence-electron chi connectivity index (χ1n) is 17.4. The Morgan fingerprint density at radius 3 is 2.31 bits per heavy atom. The lowest BCUT2D eigenvalue weighted by Crippen LogP contribution is -2.65. The van der Waals surface area contributed by atoms with E-state index >= 15 is 0 Å². The quantitative estimate of drug-likeness (QED) is 0.113. The zero-order valence-corrected chi connectivity index (χ0v) is 29.3. The fourth-order valence-electron chi connectivity index (χ4n) is 9.36. The topological polar surface area (TPSA) is 182 Å². The second-order valence-corrected chi connectivity index (χ2v) is 15.2. The summed E-state index contributed by atoms with van der Waals surface area (Å²) in [5.41, 5.74) is -3.58. The number of amides is 2. The number of allylic oxidation sites excluding steroid dienone is 1. The van der Waals surface area contributed by atoms with Gasteiger partial charge in [0, 0.05) is 11.5 Å². The number of para-hydroxylation sites is 2. The number of aromatic hydroxyl groups is 1. The van der Waals surface area contributed by atoms with Crippen molar-refractivity contribution in [3.05, 3.63) is 113 Å². The first-order chi connectivity index (χ1) is 24.7. The summed E-state index contributed by atoms with van der Waals surface area (Å²) < 4.78 is 6.05. The monoisotopic (exact) mass is 706 g/mol. The van der Waals surface area contributed by atoms with Gasteiger partial charge < -0.3 is 35.8 Å². The molecule has 3 aromatic rings. The highest BCUT2D eigenvalue weighted by atomic mass is 16.6. The van der Waals surface area contributed by atoms with Crippen molar-refractivity contribution in [3.8, 4) is 5.75 Å². The minimum Gasteiger partial charge on any atom is -0.506 e. The number of rotatable bonds is 7. The normalized spacial score (nSPS) is 31.1. The first-order valence-corrected chi connectivity index (χ1v) is 17.4. The van der Waals surface area contributed by atoms with E-state index in [1.807, 2.05) is 6.92 Å². The zero-order valence-electron chi connectivity index (χ0n) is 29.3. The number of phenols is 1. The maximum Gasteiger partial charge on any atom is 0.340 e. The maximum absolute atomic E-state index is 14.7. The molecule has 270 valence electrons. The van der Waals surface area contributed by atoms with Crippen molar-refractivity contribution in [1.29, 1.82) is 0 Å². The summed E-state index contributed by atoms with van der Waals surface area (Å²) in [7, 11) is 0. The fourth-order valence-corrected chi connectivity index (χ4v) is 9.36. The molecule has 2 amide bonds. The molecule has 11 heteroatoms. The highest BCUT2D eigenvalue weighted by molar-refractivity contribution is 6.15. The van der Waals surface area contributed by atoms with Gasteiger partial charge in [0.2, 0.25) is 0 Å². The van der Waals surface area contributed by atoms with Gasteiger partial charge in [-0.25, -0.2) is 4.79 Å². The maximum atomic E-state index is 14.7. The Bertz CT molecular complexity index is 2060. The van der Waals surface area contributed by atoms with Crippen molar-refractivity contribution in [2.24, 2.45) is 34.5 Å². The van der Waals surface area contributed by atoms with Crippen molar-refractivity contribution in [1.82, 2.24) is 0 Å². The molecule has 1 spiro atoms. The molecule has 0 aromatic heterocycles. The lowest BCUT2D eigenvalue weighted by molar-refractivity contribution is -0.190. The molecule has 3 aromatic carbocycles. The van der Waals surface area contributed by atoms with Crippen LogP contribution in [0.25, 0.3) is 0 Å². The summed E-state index contributed by atoms with van der Waals surface area (Å²) in [6.07, 6.45) is 0.664. The Morgan fingerprint density at radius 1 is 0.923 bits per heavy atom. The molecule has 0 heterocycles. The number of carbonyl (C=O) groups excluding carboxylic acids is 4. The number of aliphatic hydroxyl groups is 3. The largest absolute Gasteiger partial charge is 0.506 e. The van der Waals surface area contributed by atoms with Crippen LogP contribution >= 0.6 is 0 Å². The van der Waals surface area contributed by atoms with Gasteiger partial charge in [0.15, 0.2) is 17.5 Å². The van der Waals surface area contributed by atoms with Crippen molar-refractivity contribution >= 4 is 34.9 Å². The van der Waals surface area contributed by atoms with Gasteiger partial charge >= 0.3 is 5.97 Å². The number of aliphatic hydroxyl groups excluding tert-OH is 2. The molecule has 0 unspecified atom stereocenters. The number of fused-ring (bicyclic) bond motifs is 3. The molecular weight excluding hydrogens is 664 g/mol. The van der Waals surface area contributed by atoms with Crippen LogP contribution in [-0.2, 0) is 9.53 Å². The van der Waals surface area contributed by atoms with Gasteiger partial charge in [0.1, 0.15) is 11.9 Å². The van der Waals surface area contributed by atoms with Gasteiger partial charge in [-0.2, -0.15) is 0 Å². The predicted octanol–water partition coefficient (Wildman–Crippen LogP) is 4.89. The SMILES string of the molecule is CC1=C[C@]23C(=O)[C@@H](C=C(CO)[C@@H](O)[C@]2(O)[C@H]1OC(=O)c1ccccc1NC(=O)c1cccc(O)c1NC(=O)c1ccccc1)[C@H]1[C@@H](C[C@H]3C)C1(C)C. The van der Waals surface area contributed by atoms with Gasteiger partial charge in [0.25, 0.3) is 11.8 Å². The Morgan fingerprint density at radius 2 is 1.60 bits per heavy atom. The summed E-state index contributed by atoms with van der Waals surface area (Å²) in [5, 5.41) is 50.9. The number of esters is 1. The number of hydrogen-bond acceptors (Lipinski definition) is 9. The smallest absolute Gasteiger partial charge is 0.340 e. The van der Waals surface area contributed by atoms with E-state index in [0.717, 1.165) is 0 Å².